The van der Waals surface area contributed by atoms with Gasteiger partial charge in [0.2, 0.25) is 0 Å². The van der Waals surface area contributed by atoms with Crippen molar-refractivity contribution in [3.05, 3.63) is 0 Å². The summed E-state index contributed by atoms with van der Waals surface area (Å²) in [6.07, 6.45) is 61.8. The van der Waals surface area contributed by atoms with E-state index < -0.39 is 0 Å². The van der Waals surface area contributed by atoms with E-state index in [4.69, 9.17) is 153 Å². The fourth-order valence-electron chi connectivity index (χ4n) is 10.5. The van der Waals surface area contributed by atoms with E-state index in [-0.39, 0.29) is 21.1 Å². The van der Waals surface area contributed by atoms with Gasteiger partial charge in [0.1, 0.15) is 0 Å². The Labute approximate surface area is 704 Å². The average molecular weight is 1710 g/mol. The van der Waals surface area contributed by atoms with Crippen LogP contribution < -0.4 is 0 Å². The first kappa shape index (κ1) is 116. The second-order valence-electron chi connectivity index (χ2n) is 26.2. The zero-order valence-electron chi connectivity index (χ0n) is 66.2. The van der Waals surface area contributed by atoms with Gasteiger partial charge >= 0.3 is 0 Å². The van der Waals surface area contributed by atoms with Crippen LogP contribution in [0.1, 0.15) is 391 Å². The van der Waals surface area contributed by atoms with Gasteiger partial charge < -0.3 is 178 Å². The van der Waals surface area contributed by atoms with Crippen LogP contribution in [0.5, 0.6) is 0 Å². The molecular weight excluding hydrogens is 1550 g/mol. The minimum absolute atomic E-state index is 0. The maximum atomic E-state index is 7.83. The van der Waals surface area contributed by atoms with Gasteiger partial charge in [0.15, 0.2) is 12.5 Å². The predicted molar refractivity (Wildman–Crippen MR) is 487 cm³/mol. The molecule has 594 valence electrons. The Kier molecular flexibility index (Phi) is 119. The molecule has 7 nitrogen and oxygen atoms in total. The van der Waals surface area contributed by atoms with Gasteiger partial charge in [-0.2, -0.15) is 4.21 Å². The third kappa shape index (κ3) is 99.4. The van der Waals surface area contributed by atoms with Gasteiger partial charge in [0.25, 0.3) is 0 Å². The van der Waals surface area contributed by atoms with Crippen molar-refractivity contribution in [3.63, 3.8) is 0 Å². The molecule has 0 aliphatic heterocycles. The summed E-state index contributed by atoms with van der Waals surface area (Å²) in [7, 11) is 0. The molecule has 0 aromatic carbocycles. The van der Waals surface area contributed by atoms with Crippen molar-refractivity contribution in [2.45, 2.75) is 391 Å². The van der Waals surface area contributed by atoms with E-state index >= 15 is 0 Å². The average Bonchev–Trinajstić information content (AvgIpc) is 3.15. The van der Waals surface area contributed by atoms with Crippen LogP contribution in [0.15, 0.2) is 0 Å². The third-order valence-electron chi connectivity index (χ3n) is 16.9. The molecule has 0 spiro atoms. The van der Waals surface area contributed by atoms with Crippen molar-refractivity contribution in [1.29, 1.82) is 0 Å². The van der Waals surface area contributed by atoms with Gasteiger partial charge in [-0.15, -0.1) is 0 Å². The number of unbranched alkanes of at least 4 members (excludes halogenated alkanes) is 36. The number of nitrogens with zero attached hydrogens (tertiary/aromatic N) is 6. The van der Waals surface area contributed by atoms with Crippen LogP contribution in [-0.4, -0.2) is 138 Å². The van der Waals surface area contributed by atoms with Gasteiger partial charge in [0.05, 0.1) is 0 Å². The van der Waals surface area contributed by atoms with Gasteiger partial charge in [-0.1, -0.05) is 340 Å². The molecule has 0 unspecified atom stereocenters. The second-order valence-corrected chi connectivity index (χ2v) is 32.4. The largest absolute Gasteiger partial charge is 0.411 e. The topological polar surface area (TPSA) is 36.5 Å². The fourth-order valence-corrected chi connectivity index (χ4v) is 12.7. The predicted octanol–water partition coefficient (Wildman–Crippen LogP) is 25.3. The Morgan fingerprint density at radius 2 is 0.242 bits per heavy atom. The van der Waals surface area contributed by atoms with E-state index in [2.05, 4.69) is 125 Å². The first-order valence-corrected chi connectivity index (χ1v) is 45.5. The molecule has 0 aliphatic rings. The molecule has 0 fully saturated rings. The van der Waals surface area contributed by atoms with E-state index in [1.165, 1.54) is 308 Å². The fraction of sp³-hybridized carbons (Fsp3) is 0.923. The molecule has 0 atom stereocenters. The molecule has 0 heterocycles. The Bertz CT molecular complexity index is 1290. The molecule has 0 amide bonds. The Morgan fingerprint density at radius 3 is 0.293 bits per heavy atom. The number of hydrogen-bond acceptors (Lipinski definition) is 14. The summed E-state index contributed by atoms with van der Waals surface area (Å²) >= 11 is 64.2. The van der Waals surface area contributed by atoms with Crippen LogP contribution in [0, 0.1) is 0 Å². The van der Waals surface area contributed by atoms with E-state index in [0.29, 0.717) is 25.9 Å². The molecule has 0 bridgehead atoms. The van der Waals surface area contributed by atoms with Crippen LogP contribution >= 0.6 is 73.3 Å². The summed E-state index contributed by atoms with van der Waals surface area (Å²) < 4.78 is 11.8. The maximum Gasteiger partial charge on any atom is 0.197 e. The summed E-state index contributed by atoms with van der Waals surface area (Å²) in [5.74, 6) is 0. The van der Waals surface area contributed by atoms with Gasteiger partial charge in [-0.05, 0) is 77.0 Å². The molecule has 0 saturated heterocycles. The van der Waals surface area contributed by atoms with E-state index in [0.717, 1.165) is 78.5 Å². The summed E-state index contributed by atoms with van der Waals surface area (Å²) in [6, 6.07) is 0. The standard InChI is InChI=1S/6C13H27NS2.Mo.OS/c6*1-3-5-7-9-11-14(13(15)16)12-10-8-6-4-2;;1-2/h6*3-12H2,1-2H3,(H,15,16);;/p-6. The second kappa shape index (κ2) is 101. The van der Waals surface area contributed by atoms with Crippen LogP contribution in [0.2, 0.25) is 0 Å². The minimum Gasteiger partial charge on any atom is -0.411 e. The van der Waals surface area contributed by atoms with Crippen LogP contribution in [0.3, 0.4) is 0 Å². The third-order valence-corrected chi connectivity index (χ3v) is 20.0. The van der Waals surface area contributed by atoms with Gasteiger partial charge in [-0.3, -0.25) is 0 Å². The summed E-state index contributed by atoms with van der Waals surface area (Å²) in [4.78, 5) is 13.2. The molecule has 0 rings (SSSR count). The van der Waals surface area contributed by atoms with Crippen molar-refractivity contribution < 1.29 is 25.3 Å². The summed E-state index contributed by atoms with van der Waals surface area (Å²) in [6.45, 7) is 39.6. The Morgan fingerprint density at radius 1 is 0.172 bits per heavy atom. The summed E-state index contributed by atoms with van der Waals surface area (Å²) in [5, 5.41) is 0. The first-order chi connectivity index (χ1) is 47.3. The van der Waals surface area contributed by atoms with E-state index in [1.807, 2.05) is 0 Å². The van der Waals surface area contributed by atoms with Crippen molar-refractivity contribution in [3.8, 4) is 0 Å². The summed E-state index contributed by atoms with van der Waals surface area (Å²) in [5.41, 5.74) is 0. The van der Waals surface area contributed by atoms with Crippen molar-refractivity contribution in [2.75, 3.05) is 78.5 Å². The quantitative estimate of drug-likeness (QED) is 0.0251. The molecule has 0 aromatic heterocycles. The van der Waals surface area contributed by atoms with Crippen LogP contribution in [-0.2, 0) is 109 Å². The monoisotopic (exact) mass is 1710 g/mol. The normalized spacial score (nSPS) is 10.1. The van der Waals surface area contributed by atoms with Gasteiger partial charge in [0, 0.05) is 99.6 Å². The van der Waals surface area contributed by atoms with E-state index in [1.54, 1.807) is 0 Å². The van der Waals surface area contributed by atoms with Crippen molar-refractivity contribution in [2.24, 2.45) is 0 Å². The van der Waals surface area contributed by atoms with Crippen molar-refractivity contribution >= 4 is 188 Å². The smallest absolute Gasteiger partial charge is 0.197 e. The number of hydrogen-bond donors (Lipinski definition) is 0. The maximum absolute atomic E-state index is 7.83. The molecule has 99 heavy (non-hydrogen) atoms. The number of thiocarbonyl (C=S) groups is 6. The molecule has 0 saturated carbocycles. The Hall–Kier alpha value is 1.37. The SMILES string of the molecule is CCCCCCN(CCCCCC)C(=S)[S-].CCCCCCN(CCCCCC)C(=S)[S-].CCCCCCN(CCCCCC)C(=S)[S-].CCCCCCN(CCCCCC)C(=S)[S-].CCCCCCN(CCCCCC)C(=S)[S-].CCCCCCN(CCCCCC)C(=S)[S-].O=S.[Mo]. The van der Waals surface area contributed by atoms with Crippen molar-refractivity contribution in [1.82, 2.24) is 29.4 Å². The molecule has 0 aromatic rings. The van der Waals surface area contributed by atoms with Gasteiger partial charge in [-0.25, -0.2) is 0 Å². The molecule has 0 radical (unpaired) electrons. The zero-order valence-corrected chi connectivity index (χ0v) is 78.9. The van der Waals surface area contributed by atoms with Crippen LogP contribution in [0.25, 0.3) is 0 Å². The molecule has 0 N–H and O–H groups in total. The van der Waals surface area contributed by atoms with Crippen LogP contribution in [0.4, 0.5) is 0 Å². The minimum atomic E-state index is 0. The zero-order chi connectivity index (χ0) is 75.4. The molecular formula is C78H156MoN6OS13-6. The Balaban J connectivity index is -0.000000166. The molecule has 21 heteroatoms. The number of rotatable bonds is 60. The molecule has 0 aliphatic carbocycles. The van der Waals surface area contributed by atoms with E-state index in [9.17, 15) is 0 Å². The first-order valence-electron chi connectivity index (χ1n) is 40.2.